The third kappa shape index (κ3) is 5.33. The van der Waals surface area contributed by atoms with E-state index >= 15 is 0 Å². The zero-order chi connectivity index (χ0) is 22.6. The fraction of sp³-hybridized carbons (Fsp3) is 0.222. The van der Waals surface area contributed by atoms with Gasteiger partial charge in [0.05, 0.1) is 22.8 Å². The molecule has 0 atom stereocenters. The van der Waals surface area contributed by atoms with Crippen LogP contribution in [0.2, 0.25) is 10.0 Å². The Bertz CT molecular complexity index is 1090. The number of nitrogens with one attached hydrogen (secondary N) is 1. The largest absolute Gasteiger partial charge is 0.496 e. The zero-order valence-electron chi connectivity index (χ0n) is 16.2. The van der Waals surface area contributed by atoms with Crippen molar-refractivity contribution in [2.75, 3.05) is 38.9 Å². The predicted octanol–water partition coefficient (Wildman–Crippen LogP) is 2.63. The molecular formula is C18H19Cl2N3O6S. The fourth-order valence-electron chi connectivity index (χ4n) is 2.28. The smallest absolute Gasteiger partial charge is 0.342 e. The highest BCUT2D eigenvalue weighted by atomic mass is 35.5. The van der Waals surface area contributed by atoms with Crippen LogP contribution in [0.3, 0.4) is 0 Å². The van der Waals surface area contributed by atoms with Crippen LogP contribution in [0.1, 0.15) is 10.4 Å². The molecule has 162 valence electrons. The number of anilines is 2. The van der Waals surface area contributed by atoms with Gasteiger partial charge in [-0.25, -0.2) is 17.5 Å². The number of hydrogen-bond donors (Lipinski definition) is 2. The summed E-state index contributed by atoms with van der Waals surface area (Å²) in [4.78, 5) is 24.2. The highest BCUT2D eigenvalue weighted by Gasteiger charge is 2.22. The van der Waals surface area contributed by atoms with Crippen molar-refractivity contribution < 1.29 is 27.5 Å². The maximum absolute atomic E-state index is 12.3. The van der Waals surface area contributed by atoms with Gasteiger partial charge >= 0.3 is 5.97 Å². The van der Waals surface area contributed by atoms with Crippen LogP contribution in [0.15, 0.2) is 35.2 Å². The molecule has 0 aliphatic rings. The molecule has 0 bridgehead atoms. The van der Waals surface area contributed by atoms with Crippen LogP contribution in [0, 0.1) is 0 Å². The van der Waals surface area contributed by atoms with Crippen LogP contribution in [0.25, 0.3) is 0 Å². The molecule has 2 rings (SSSR count). The first kappa shape index (κ1) is 23.7. The van der Waals surface area contributed by atoms with E-state index in [2.05, 4.69) is 5.32 Å². The lowest BCUT2D eigenvalue weighted by Crippen LogP contribution is -2.23. The minimum atomic E-state index is -3.81. The number of amides is 1. The number of benzene rings is 2. The SMILES string of the molecule is COc1cc(N)c(Cl)cc1C(=O)OCC(=O)Nc1ccc(Cl)c(S(=O)(=O)N(C)C)c1. The zero-order valence-corrected chi connectivity index (χ0v) is 18.6. The molecule has 0 unspecified atom stereocenters. The Morgan fingerprint density at radius 1 is 1.13 bits per heavy atom. The molecule has 0 aromatic heterocycles. The number of hydrogen-bond acceptors (Lipinski definition) is 7. The number of nitrogen functional groups attached to an aromatic ring is 1. The minimum Gasteiger partial charge on any atom is -0.496 e. The Balaban J connectivity index is 2.11. The number of carbonyl (C=O) groups excluding carboxylic acids is 2. The molecule has 30 heavy (non-hydrogen) atoms. The summed E-state index contributed by atoms with van der Waals surface area (Å²) >= 11 is 11.9. The first-order valence-corrected chi connectivity index (χ1v) is 10.5. The Labute approximate surface area is 183 Å². The van der Waals surface area contributed by atoms with E-state index < -0.39 is 28.5 Å². The van der Waals surface area contributed by atoms with Crippen molar-refractivity contribution in [3.8, 4) is 5.75 Å². The molecule has 0 spiro atoms. The number of nitrogens with two attached hydrogens (primary N) is 1. The summed E-state index contributed by atoms with van der Waals surface area (Å²) in [7, 11) is 0.235. The first-order valence-electron chi connectivity index (χ1n) is 8.29. The molecule has 9 nitrogen and oxygen atoms in total. The van der Waals surface area contributed by atoms with E-state index in [4.69, 9.17) is 38.4 Å². The van der Waals surface area contributed by atoms with Gasteiger partial charge in [-0.3, -0.25) is 4.79 Å². The number of methoxy groups -OCH3 is 1. The monoisotopic (exact) mass is 475 g/mol. The molecule has 0 heterocycles. The van der Waals surface area contributed by atoms with E-state index in [0.29, 0.717) is 0 Å². The van der Waals surface area contributed by atoms with Crippen molar-refractivity contribution in [3.63, 3.8) is 0 Å². The lowest BCUT2D eigenvalue weighted by molar-refractivity contribution is -0.119. The van der Waals surface area contributed by atoms with Gasteiger partial charge in [0.15, 0.2) is 6.61 Å². The van der Waals surface area contributed by atoms with E-state index in [-0.39, 0.29) is 37.6 Å². The van der Waals surface area contributed by atoms with Gasteiger partial charge in [-0.15, -0.1) is 0 Å². The van der Waals surface area contributed by atoms with Crippen LogP contribution in [-0.2, 0) is 19.6 Å². The number of sulfonamides is 1. The number of esters is 1. The topological polar surface area (TPSA) is 128 Å². The van der Waals surface area contributed by atoms with Crippen molar-refractivity contribution in [2.24, 2.45) is 0 Å². The maximum Gasteiger partial charge on any atom is 0.342 e. The van der Waals surface area contributed by atoms with Gasteiger partial charge in [0, 0.05) is 25.8 Å². The molecule has 0 radical (unpaired) electrons. The number of nitrogens with zero attached hydrogens (tertiary/aromatic N) is 1. The quantitative estimate of drug-likeness (QED) is 0.465. The van der Waals surface area contributed by atoms with Gasteiger partial charge in [0.1, 0.15) is 16.2 Å². The number of rotatable bonds is 7. The highest BCUT2D eigenvalue weighted by molar-refractivity contribution is 7.89. The Kier molecular flexibility index (Phi) is 7.54. The van der Waals surface area contributed by atoms with Crippen molar-refractivity contribution in [3.05, 3.63) is 45.9 Å². The molecule has 1 amide bonds. The van der Waals surface area contributed by atoms with Crippen LogP contribution in [0.5, 0.6) is 5.75 Å². The van der Waals surface area contributed by atoms with Crippen LogP contribution in [-0.4, -0.2) is 52.4 Å². The first-order chi connectivity index (χ1) is 14.0. The molecule has 2 aromatic carbocycles. The third-order valence-electron chi connectivity index (χ3n) is 3.85. The molecular weight excluding hydrogens is 457 g/mol. The summed E-state index contributed by atoms with van der Waals surface area (Å²) in [6, 6.07) is 6.59. The van der Waals surface area contributed by atoms with E-state index in [1.54, 1.807) is 0 Å². The fourth-order valence-corrected chi connectivity index (χ4v) is 3.84. The second-order valence-corrected chi connectivity index (χ2v) is 9.07. The Morgan fingerprint density at radius 2 is 1.80 bits per heavy atom. The van der Waals surface area contributed by atoms with Gasteiger partial charge in [-0.1, -0.05) is 23.2 Å². The summed E-state index contributed by atoms with van der Waals surface area (Å²) in [5.74, 6) is -1.41. The van der Waals surface area contributed by atoms with Crippen molar-refractivity contribution in [1.29, 1.82) is 0 Å². The van der Waals surface area contributed by atoms with Crippen molar-refractivity contribution in [2.45, 2.75) is 4.90 Å². The van der Waals surface area contributed by atoms with Gasteiger partial charge in [-0.2, -0.15) is 0 Å². The second kappa shape index (κ2) is 9.52. The lowest BCUT2D eigenvalue weighted by atomic mass is 10.2. The number of carbonyl (C=O) groups is 2. The molecule has 0 aliphatic heterocycles. The van der Waals surface area contributed by atoms with Crippen LogP contribution >= 0.6 is 23.2 Å². The lowest BCUT2D eigenvalue weighted by Gasteiger charge is -2.14. The van der Waals surface area contributed by atoms with E-state index in [1.165, 1.54) is 51.5 Å². The summed E-state index contributed by atoms with van der Waals surface area (Å²) < 4.78 is 35.6. The van der Waals surface area contributed by atoms with E-state index in [1.807, 2.05) is 0 Å². The normalized spacial score (nSPS) is 11.3. The molecule has 12 heteroatoms. The Hall–Kier alpha value is -2.53. The molecule has 3 N–H and O–H groups in total. The average molecular weight is 476 g/mol. The Morgan fingerprint density at radius 3 is 2.40 bits per heavy atom. The van der Waals surface area contributed by atoms with Gasteiger partial charge < -0.3 is 20.5 Å². The summed E-state index contributed by atoms with van der Waals surface area (Å²) in [6.45, 7) is -0.637. The highest BCUT2D eigenvalue weighted by Crippen LogP contribution is 2.29. The molecule has 0 aliphatic carbocycles. The van der Waals surface area contributed by atoms with E-state index in [0.717, 1.165) is 4.31 Å². The van der Waals surface area contributed by atoms with Gasteiger partial charge in [0.25, 0.3) is 5.91 Å². The molecule has 2 aromatic rings. The number of halogens is 2. The van der Waals surface area contributed by atoms with E-state index in [9.17, 15) is 18.0 Å². The van der Waals surface area contributed by atoms with Crippen LogP contribution in [0.4, 0.5) is 11.4 Å². The van der Waals surface area contributed by atoms with Crippen molar-refractivity contribution in [1.82, 2.24) is 4.31 Å². The molecule has 0 fully saturated rings. The third-order valence-corrected chi connectivity index (χ3v) is 6.47. The van der Waals surface area contributed by atoms with Gasteiger partial charge in [0.2, 0.25) is 10.0 Å². The minimum absolute atomic E-state index is 0.000418. The van der Waals surface area contributed by atoms with Crippen LogP contribution < -0.4 is 15.8 Å². The summed E-state index contributed by atoms with van der Waals surface area (Å²) in [5.41, 5.74) is 6.04. The average Bonchev–Trinajstić information content (AvgIpc) is 2.69. The second-order valence-electron chi connectivity index (χ2n) is 6.13. The maximum atomic E-state index is 12.3. The summed E-state index contributed by atoms with van der Waals surface area (Å²) in [6.07, 6.45) is 0. The molecule has 0 saturated heterocycles. The summed E-state index contributed by atoms with van der Waals surface area (Å²) in [5, 5.41) is 2.57. The van der Waals surface area contributed by atoms with Crippen molar-refractivity contribution >= 4 is 56.5 Å². The predicted molar refractivity (Wildman–Crippen MR) is 114 cm³/mol. The molecule has 0 saturated carbocycles. The van der Waals surface area contributed by atoms with Gasteiger partial charge in [-0.05, 0) is 24.3 Å². The standard InChI is InChI=1S/C18H19Cl2N3O6S/c1-23(2)30(26,27)16-6-10(4-5-12(16)19)22-17(24)9-29-18(25)11-7-13(20)14(21)8-15(11)28-3/h4-8H,9,21H2,1-3H3,(H,22,24). The number of ether oxygens (including phenoxy) is 2.